The minimum atomic E-state index is -0.977. The van der Waals surface area contributed by atoms with Crippen molar-refractivity contribution in [2.75, 3.05) is 20.0 Å². The average molecular weight is 271 g/mol. The van der Waals surface area contributed by atoms with E-state index in [4.69, 9.17) is 20.3 Å². The Labute approximate surface area is 110 Å². The molecule has 18 heavy (non-hydrogen) atoms. The van der Waals surface area contributed by atoms with Gasteiger partial charge in [-0.15, -0.1) is 0 Å². The van der Waals surface area contributed by atoms with Gasteiger partial charge in [-0.25, -0.2) is 0 Å². The molecule has 0 saturated heterocycles. The van der Waals surface area contributed by atoms with Crippen LogP contribution in [0.1, 0.15) is 5.56 Å². The zero-order valence-corrected chi connectivity index (χ0v) is 11.2. The summed E-state index contributed by atoms with van der Waals surface area (Å²) in [6.45, 7) is 0. The van der Waals surface area contributed by atoms with Crippen molar-refractivity contribution in [3.8, 4) is 11.5 Å². The van der Waals surface area contributed by atoms with Crippen LogP contribution in [0.25, 0.3) is 0 Å². The van der Waals surface area contributed by atoms with Gasteiger partial charge in [-0.05, 0) is 17.7 Å². The second kappa shape index (κ2) is 7.13. The van der Waals surface area contributed by atoms with Crippen molar-refractivity contribution in [1.82, 2.24) is 0 Å². The Bertz CT molecular complexity index is 411. The lowest BCUT2D eigenvalue weighted by molar-refractivity contribution is -0.137. The standard InChI is InChI=1S/C12H17NO4S/c1-16-10-4-3-8(5-11(10)17-2)6-18-7-9(13)12(14)15/h3-5,9H,6-7,13H2,1-2H3,(H,14,15)/t9-/m0/s1. The van der Waals surface area contributed by atoms with Gasteiger partial charge in [-0.3, -0.25) is 4.79 Å². The number of thioether (sulfide) groups is 1. The summed E-state index contributed by atoms with van der Waals surface area (Å²) in [6.07, 6.45) is 0. The highest BCUT2D eigenvalue weighted by Crippen LogP contribution is 2.29. The number of benzene rings is 1. The van der Waals surface area contributed by atoms with E-state index < -0.39 is 12.0 Å². The van der Waals surface area contributed by atoms with Crippen molar-refractivity contribution in [3.05, 3.63) is 23.8 Å². The van der Waals surface area contributed by atoms with Crippen molar-refractivity contribution >= 4 is 17.7 Å². The fourth-order valence-corrected chi connectivity index (χ4v) is 2.28. The largest absolute Gasteiger partial charge is 0.493 e. The van der Waals surface area contributed by atoms with E-state index in [1.165, 1.54) is 11.8 Å². The van der Waals surface area contributed by atoms with Crippen molar-refractivity contribution in [1.29, 1.82) is 0 Å². The molecule has 0 fully saturated rings. The molecular formula is C12H17NO4S. The van der Waals surface area contributed by atoms with Crippen LogP contribution in [0.5, 0.6) is 11.5 Å². The highest BCUT2D eigenvalue weighted by Gasteiger charge is 2.11. The third-order valence-electron chi connectivity index (χ3n) is 2.33. The lowest BCUT2D eigenvalue weighted by atomic mass is 10.2. The van der Waals surface area contributed by atoms with Gasteiger partial charge < -0.3 is 20.3 Å². The van der Waals surface area contributed by atoms with Gasteiger partial charge >= 0.3 is 5.97 Å². The molecule has 0 aliphatic rings. The SMILES string of the molecule is COc1ccc(CSC[C@H](N)C(=O)O)cc1OC. The molecule has 0 aliphatic heterocycles. The van der Waals surface area contributed by atoms with Crippen LogP contribution in [0, 0.1) is 0 Å². The normalized spacial score (nSPS) is 11.9. The van der Waals surface area contributed by atoms with E-state index in [2.05, 4.69) is 0 Å². The summed E-state index contributed by atoms with van der Waals surface area (Å²) in [7, 11) is 3.16. The van der Waals surface area contributed by atoms with Crippen LogP contribution >= 0.6 is 11.8 Å². The minimum Gasteiger partial charge on any atom is -0.493 e. The molecule has 0 aromatic heterocycles. The fourth-order valence-electron chi connectivity index (χ4n) is 1.35. The molecule has 1 atom stereocenters. The summed E-state index contributed by atoms with van der Waals surface area (Å²) in [4.78, 5) is 10.6. The minimum absolute atomic E-state index is 0.379. The van der Waals surface area contributed by atoms with Crippen LogP contribution in [-0.4, -0.2) is 37.1 Å². The van der Waals surface area contributed by atoms with E-state index in [0.29, 0.717) is 23.0 Å². The van der Waals surface area contributed by atoms with Gasteiger partial charge in [0.05, 0.1) is 14.2 Å². The first-order chi connectivity index (χ1) is 8.58. The highest BCUT2D eigenvalue weighted by atomic mass is 32.2. The highest BCUT2D eigenvalue weighted by molar-refractivity contribution is 7.98. The van der Waals surface area contributed by atoms with E-state index >= 15 is 0 Å². The Hall–Kier alpha value is -1.40. The van der Waals surface area contributed by atoms with Gasteiger partial charge in [0, 0.05) is 11.5 Å². The first-order valence-corrected chi connectivity index (χ1v) is 6.51. The molecule has 1 aromatic carbocycles. The molecule has 1 rings (SSSR count). The molecule has 0 saturated carbocycles. The van der Waals surface area contributed by atoms with Gasteiger partial charge in [-0.2, -0.15) is 11.8 Å². The Morgan fingerprint density at radius 2 is 2.06 bits per heavy atom. The summed E-state index contributed by atoms with van der Waals surface area (Å²) in [5.74, 6) is 1.42. The topological polar surface area (TPSA) is 81.8 Å². The number of nitrogens with two attached hydrogens (primary N) is 1. The quantitative estimate of drug-likeness (QED) is 0.779. The van der Waals surface area contributed by atoms with E-state index in [1.807, 2.05) is 18.2 Å². The van der Waals surface area contributed by atoms with Gasteiger partial charge in [0.2, 0.25) is 0 Å². The van der Waals surface area contributed by atoms with Crippen molar-refractivity contribution in [3.63, 3.8) is 0 Å². The summed E-state index contributed by atoms with van der Waals surface area (Å²) in [5.41, 5.74) is 6.45. The first-order valence-electron chi connectivity index (χ1n) is 5.35. The lowest BCUT2D eigenvalue weighted by Gasteiger charge is -2.10. The molecule has 0 aliphatic carbocycles. The van der Waals surface area contributed by atoms with Crippen molar-refractivity contribution in [2.24, 2.45) is 5.73 Å². The van der Waals surface area contributed by atoms with Gasteiger partial charge in [-0.1, -0.05) is 6.07 Å². The van der Waals surface area contributed by atoms with Crippen molar-refractivity contribution < 1.29 is 19.4 Å². The second-order valence-electron chi connectivity index (χ2n) is 3.65. The Morgan fingerprint density at radius 3 is 2.61 bits per heavy atom. The maximum atomic E-state index is 10.6. The molecule has 0 spiro atoms. The van der Waals surface area contributed by atoms with Gasteiger partial charge in [0.1, 0.15) is 6.04 Å². The van der Waals surface area contributed by atoms with Crippen LogP contribution in [0.2, 0.25) is 0 Å². The molecule has 1 aromatic rings. The average Bonchev–Trinajstić information content (AvgIpc) is 2.38. The number of ether oxygens (including phenoxy) is 2. The van der Waals surface area contributed by atoms with E-state index in [-0.39, 0.29) is 0 Å². The maximum absolute atomic E-state index is 10.6. The summed E-state index contributed by atoms with van der Waals surface area (Å²) in [5, 5.41) is 8.65. The molecule has 100 valence electrons. The maximum Gasteiger partial charge on any atom is 0.321 e. The van der Waals surface area contributed by atoms with Crippen molar-refractivity contribution in [2.45, 2.75) is 11.8 Å². The number of hydrogen-bond acceptors (Lipinski definition) is 5. The molecule has 0 unspecified atom stereocenters. The monoisotopic (exact) mass is 271 g/mol. The zero-order chi connectivity index (χ0) is 13.5. The molecule has 0 bridgehead atoms. The number of carboxylic acids is 1. The number of rotatable bonds is 7. The van der Waals surface area contributed by atoms with Crippen LogP contribution < -0.4 is 15.2 Å². The third-order valence-corrected chi connectivity index (χ3v) is 3.46. The zero-order valence-electron chi connectivity index (χ0n) is 10.4. The first kappa shape index (κ1) is 14.7. The van der Waals surface area contributed by atoms with Crippen LogP contribution in [-0.2, 0) is 10.5 Å². The van der Waals surface area contributed by atoms with E-state index in [1.54, 1.807) is 14.2 Å². The van der Waals surface area contributed by atoms with Gasteiger partial charge in [0.25, 0.3) is 0 Å². The molecule has 5 nitrogen and oxygen atoms in total. The lowest BCUT2D eigenvalue weighted by Crippen LogP contribution is -2.32. The van der Waals surface area contributed by atoms with Gasteiger partial charge in [0.15, 0.2) is 11.5 Å². The molecule has 0 amide bonds. The van der Waals surface area contributed by atoms with E-state index in [9.17, 15) is 4.79 Å². The number of methoxy groups -OCH3 is 2. The summed E-state index contributed by atoms with van der Waals surface area (Å²) < 4.78 is 10.3. The molecule has 6 heteroatoms. The number of carbonyl (C=O) groups is 1. The number of hydrogen-bond donors (Lipinski definition) is 2. The third kappa shape index (κ3) is 4.12. The van der Waals surface area contributed by atoms with Crippen LogP contribution in [0.15, 0.2) is 18.2 Å². The Balaban J connectivity index is 2.55. The second-order valence-corrected chi connectivity index (χ2v) is 4.68. The molecule has 3 N–H and O–H groups in total. The predicted octanol–water partition coefficient (Wildman–Crippen LogP) is 1.35. The summed E-state index contributed by atoms with van der Waals surface area (Å²) in [6, 6.07) is 4.79. The molecule has 0 heterocycles. The fraction of sp³-hybridized carbons (Fsp3) is 0.417. The Morgan fingerprint density at radius 1 is 1.39 bits per heavy atom. The number of carboxylic acid groups (broad SMARTS) is 1. The number of aliphatic carboxylic acids is 1. The van der Waals surface area contributed by atoms with E-state index in [0.717, 1.165) is 5.56 Å². The smallest absolute Gasteiger partial charge is 0.321 e. The summed E-state index contributed by atoms with van der Waals surface area (Å²) >= 11 is 1.47. The molecule has 0 radical (unpaired) electrons. The molecular weight excluding hydrogens is 254 g/mol. The van der Waals surface area contributed by atoms with Crippen LogP contribution in [0.4, 0.5) is 0 Å². The van der Waals surface area contributed by atoms with Crippen LogP contribution in [0.3, 0.4) is 0 Å². The predicted molar refractivity (Wildman–Crippen MR) is 71.3 cm³/mol. The Kier molecular flexibility index (Phi) is 5.80.